The summed E-state index contributed by atoms with van der Waals surface area (Å²) in [7, 11) is 0. The van der Waals surface area contributed by atoms with E-state index in [2.05, 4.69) is 20.3 Å². The van der Waals surface area contributed by atoms with Gasteiger partial charge in [0, 0.05) is 5.56 Å². The van der Waals surface area contributed by atoms with Gasteiger partial charge in [0.15, 0.2) is 17.1 Å². The summed E-state index contributed by atoms with van der Waals surface area (Å²) >= 11 is 0. The van der Waals surface area contributed by atoms with Crippen molar-refractivity contribution >= 4 is 28.5 Å². The van der Waals surface area contributed by atoms with Crippen molar-refractivity contribution in [3.63, 3.8) is 0 Å². The van der Waals surface area contributed by atoms with E-state index in [4.69, 9.17) is 10.5 Å². The van der Waals surface area contributed by atoms with Gasteiger partial charge in [0.25, 0.3) is 0 Å². The summed E-state index contributed by atoms with van der Waals surface area (Å²) in [4.78, 5) is 17.3. The predicted molar refractivity (Wildman–Crippen MR) is 106 cm³/mol. The number of carbonyl (C=O) groups is 1. The summed E-state index contributed by atoms with van der Waals surface area (Å²) in [5.74, 6) is -0.426. The van der Waals surface area contributed by atoms with Crippen LogP contribution in [0.3, 0.4) is 0 Å². The van der Waals surface area contributed by atoms with Crippen LogP contribution in [0.1, 0.15) is 34.2 Å². The zero-order chi connectivity index (χ0) is 20.7. The number of carbonyl (C=O) groups excluding carboxylic acids is 1. The molecule has 0 saturated carbocycles. The summed E-state index contributed by atoms with van der Waals surface area (Å²) in [6.07, 6.45) is 0. The molecule has 0 bridgehead atoms. The number of nitrogens with zero attached hydrogens (tertiary/aromatic N) is 6. The van der Waals surface area contributed by atoms with Crippen LogP contribution in [0.2, 0.25) is 0 Å². The molecule has 0 spiro atoms. The molecule has 0 fully saturated rings. The number of nitriles is 1. The quantitative estimate of drug-likeness (QED) is 0.530. The van der Waals surface area contributed by atoms with Crippen LogP contribution in [0.15, 0.2) is 24.3 Å². The lowest BCUT2D eigenvalue weighted by Crippen LogP contribution is -2.10. The molecular weight excluding hydrogens is 370 g/mol. The molecule has 0 unspecified atom stereocenters. The van der Waals surface area contributed by atoms with Crippen molar-refractivity contribution < 1.29 is 9.53 Å². The van der Waals surface area contributed by atoms with Crippen LogP contribution >= 0.6 is 0 Å². The number of hydrogen-bond acceptors (Lipinski definition) is 8. The highest BCUT2D eigenvalue weighted by molar-refractivity contribution is 6.11. The maximum absolute atomic E-state index is 12.8. The van der Waals surface area contributed by atoms with E-state index in [0.717, 1.165) is 11.1 Å². The summed E-state index contributed by atoms with van der Waals surface area (Å²) in [5.41, 5.74) is 9.94. The van der Waals surface area contributed by atoms with E-state index in [1.165, 1.54) is 4.52 Å². The molecule has 2 N–H and O–H groups in total. The number of ether oxygens (including phenoxy) is 1. The Morgan fingerprint density at radius 2 is 1.97 bits per heavy atom. The summed E-state index contributed by atoms with van der Waals surface area (Å²) in [5, 5.41) is 22.1. The minimum absolute atomic E-state index is 0.0375. The first kappa shape index (κ1) is 18.3. The van der Waals surface area contributed by atoms with Gasteiger partial charge in [-0.15, -0.1) is 15.3 Å². The van der Waals surface area contributed by atoms with Gasteiger partial charge >= 0.3 is 5.97 Å². The van der Waals surface area contributed by atoms with Crippen LogP contribution in [0, 0.1) is 25.2 Å². The van der Waals surface area contributed by atoms with Gasteiger partial charge in [-0.3, -0.25) is 0 Å². The molecule has 1 aromatic carbocycles. The van der Waals surface area contributed by atoms with Gasteiger partial charge in [-0.1, -0.05) is 29.8 Å². The number of anilines is 1. The number of benzene rings is 1. The van der Waals surface area contributed by atoms with Crippen LogP contribution in [0.5, 0.6) is 0 Å². The van der Waals surface area contributed by atoms with E-state index >= 15 is 0 Å². The van der Waals surface area contributed by atoms with Crippen LogP contribution in [0.4, 0.5) is 5.82 Å². The van der Waals surface area contributed by atoms with Crippen LogP contribution in [0.25, 0.3) is 27.8 Å². The molecule has 29 heavy (non-hydrogen) atoms. The molecule has 0 aliphatic rings. The predicted octanol–water partition coefficient (Wildman–Crippen LogP) is 2.59. The smallest absolute Gasteiger partial charge is 0.340 e. The molecule has 0 aliphatic carbocycles. The Morgan fingerprint density at radius 3 is 2.62 bits per heavy atom. The molecular formula is C20H17N7O2. The summed E-state index contributed by atoms with van der Waals surface area (Å²) in [6, 6.07) is 9.61. The van der Waals surface area contributed by atoms with Gasteiger partial charge in [-0.2, -0.15) is 9.78 Å². The first-order valence-electron chi connectivity index (χ1n) is 8.95. The van der Waals surface area contributed by atoms with Crippen LogP contribution in [-0.4, -0.2) is 37.4 Å². The number of pyridine rings is 1. The average Bonchev–Trinajstić information content (AvgIpc) is 3.07. The van der Waals surface area contributed by atoms with Crippen LogP contribution < -0.4 is 5.73 Å². The van der Waals surface area contributed by atoms with E-state index < -0.39 is 5.97 Å². The highest BCUT2D eigenvalue weighted by Gasteiger charge is 2.26. The molecule has 4 rings (SSSR count). The second kappa shape index (κ2) is 6.83. The van der Waals surface area contributed by atoms with Crippen LogP contribution in [-0.2, 0) is 4.74 Å². The number of nitrogens with two attached hydrogens (primary N) is 1. The van der Waals surface area contributed by atoms with Gasteiger partial charge in [-0.05, 0) is 26.3 Å². The summed E-state index contributed by atoms with van der Waals surface area (Å²) in [6.45, 7) is 5.68. The first-order valence-corrected chi connectivity index (χ1v) is 8.95. The van der Waals surface area contributed by atoms with Crippen molar-refractivity contribution in [1.82, 2.24) is 24.8 Å². The maximum atomic E-state index is 12.8. The molecule has 0 aliphatic heterocycles. The molecule has 0 radical (unpaired) electrons. The second-order valence-corrected chi connectivity index (χ2v) is 6.51. The Hall–Kier alpha value is -4.06. The van der Waals surface area contributed by atoms with Crippen molar-refractivity contribution in [3.05, 3.63) is 46.8 Å². The topological polar surface area (TPSA) is 132 Å². The third-order valence-electron chi connectivity index (χ3n) is 4.62. The molecule has 0 atom stereocenters. The SMILES string of the molecule is CCOC(=O)c1c(C)nc2nn3c(N)c(C#N)nnc3c2c1-c1ccc(C)cc1. The van der Waals surface area contributed by atoms with Crippen molar-refractivity contribution in [2.24, 2.45) is 0 Å². The first-order chi connectivity index (χ1) is 14.0. The number of aromatic nitrogens is 5. The fraction of sp³-hybridized carbons (Fsp3) is 0.200. The lowest BCUT2D eigenvalue weighted by molar-refractivity contribution is 0.0526. The van der Waals surface area contributed by atoms with Gasteiger partial charge in [0.2, 0.25) is 5.69 Å². The monoisotopic (exact) mass is 387 g/mol. The number of aryl methyl sites for hydroxylation is 2. The Labute approximate surface area is 165 Å². The molecule has 144 valence electrons. The average molecular weight is 387 g/mol. The minimum atomic E-state index is -0.482. The number of nitrogen functional groups attached to an aromatic ring is 1. The second-order valence-electron chi connectivity index (χ2n) is 6.51. The van der Waals surface area contributed by atoms with E-state index in [1.54, 1.807) is 13.8 Å². The van der Waals surface area contributed by atoms with E-state index in [1.807, 2.05) is 37.3 Å². The highest BCUT2D eigenvalue weighted by Crippen LogP contribution is 2.36. The normalized spacial score (nSPS) is 11.0. The Kier molecular flexibility index (Phi) is 4.31. The van der Waals surface area contributed by atoms with Gasteiger partial charge < -0.3 is 10.5 Å². The zero-order valence-corrected chi connectivity index (χ0v) is 16.1. The molecule has 9 heteroatoms. The molecule has 9 nitrogen and oxygen atoms in total. The summed E-state index contributed by atoms with van der Waals surface area (Å²) < 4.78 is 6.61. The number of esters is 1. The Morgan fingerprint density at radius 1 is 1.24 bits per heavy atom. The number of hydrogen-bond donors (Lipinski definition) is 1. The van der Waals surface area contributed by atoms with Crippen molar-refractivity contribution in [1.29, 1.82) is 5.26 Å². The fourth-order valence-corrected chi connectivity index (χ4v) is 3.27. The third-order valence-corrected chi connectivity index (χ3v) is 4.62. The highest BCUT2D eigenvalue weighted by atomic mass is 16.5. The molecule has 3 aromatic heterocycles. The largest absolute Gasteiger partial charge is 0.462 e. The minimum Gasteiger partial charge on any atom is -0.462 e. The van der Waals surface area contributed by atoms with E-state index in [-0.39, 0.29) is 18.1 Å². The maximum Gasteiger partial charge on any atom is 0.340 e. The standard InChI is InChI=1S/C20H17N7O2/c1-4-29-20(28)14-11(3)23-18-16(15(14)12-7-5-10(2)6-8-12)19-25-24-13(9-21)17(22)27(19)26-18/h5-8H,4,22H2,1-3H3. The molecule has 0 saturated heterocycles. The fourth-order valence-electron chi connectivity index (χ4n) is 3.27. The molecule has 0 amide bonds. The number of fused-ring (bicyclic) bond motifs is 3. The molecule has 3 heterocycles. The van der Waals surface area contributed by atoms with Gasteiger partial charge in [-0.25, -0.2) is 9.78 Å². The lowest BCUT2D eigenvalue weighted by Gasteiger charge is -2.13. The van der Waals surface area contributed by atoms with E-state index in [0.29, 0.717) is 33.5 Å². The van der Waals surface area contributed by atoms with E-state index in [9.17, 15) is 10.1 Å². The zero-order valence-electron chi connectivity index (χ0n) is 16.1. The Balaban J connectivity index is 2.19. The van der Waals surface area contributed by atoms with Crippen molar-refractivity contribution in [2.45, 2.75) is 20.8 Å². The Bertz CT molecular complexity index is 1320. The van der Waals surface area contributed by atoms with Crippen molar-refractivity contribution in [2.75, 3.05) is 12.3 Å². The van der Waals surface area contributed by atoms with Crippen molar-refractivity contribution in [3.8, 4) is 17.2 Å². The molecule has 4 aromatic rings. The number of rotatable bonds is 3. The lowest BCUT2D eigenvalue weighted by atomic mass is 9.95. The van der Waals surface area contributed by atoms with Gasteiger partial charge in [0.05, 0.1) is 23.3 Å². The third kappa shape index (κ3) is 2.82. The van der Waals surface area contributed by atoms with Gasteiger partial charge in [0.1, 0.15) is 6.07 Å².